The first kappa shape index (κ1) is 12.2. The van der Waals surface area contributed by atoms with Crippen molar-refractivity contribution >= 4 is 16.9 Å². The normalized spacial score (nSPS) is 10.7. The van der Waals surface area contributed by atoms with Gasteiger partial charge >= 0.3 is 0 Å². The molecule has 2 aromatic heterocycles. The smallest absolute Gasteiger partial charge is 0.252 e. The molecule has 1 amide bonds. The molecule has 3 rings (SSSR count). The number of fused-ring (bicyclic) bond motifs is 1. The number of nitrogens with two attached hydrogens (primary N) is 1. The van der Waals surface area contributed by atoms with Crippen molar-refractivity contribution in [3.05, 3.63) is 53.9 Å². The molecule has 0 aliphatic rings. The monoisotopic (exact) mass is 267 g/mol. The van der Waals surface area contributed by atoms with Gasteiger partial charge in [0.2, 0.25) is 0 Å². The number of nitrogens with one attached hydrogen (secondary N) is 1. The lowest BCUT2D eigenvalue weighted by Gasteiger charge is -2.10. The van der Waals surface area contributed by atoms with Gasteiger partial charge in [-0.25, -0.2) is 4.98 Å². The quantitative estimate of drug-likeness (QED) is 0.765. The molecule has 0 bridgehead atoms. The topological polar surface area (TPSA) is 81.0 Å². The number of rotatable bonds is 3. The Morgan fingerprint density at radius 2 is 2.05 bits per heavy atom. The number of H-pyrrole nitrogens is 1. The van der Waals surface area contributed by atoms with Crippen LogP contribution in [0.4, 0.5) is 0 Å². The van der Waals surface area contributed by atoms with Crippen LogP contribution in [-0.2, 0) is 0 Å². The molecule has 0 aliphatic heterocycles. The molecule has 0 spiro atoms. The number of para-hydroxylation sites is 1. The number of hydrogen-bond acceptors (Lipinski definition) is 3. The zero-order chi connectivity index (χ0) is 14.1. The number of nitrogens with zero attached hydrogens (tertiary/aromatic N) is 1. The number of aromatic nitrogens is 2. The predicted molar refractivity (Wildman–Crippen MR) is 75.9 cm³/mol. The molecular formula is C15H13N3O2. The van der Waals surface area contributed by atoms with E-state index in [0.717, 1.165) is 16.7 Å². The van der Waals surface area contributed by atoms with E-state index in [0.29, 0.717) is 17.1 Å². The van der Waals surface area contributed by atoms with E-state index in [1.807, 2.05) is 25.3 Å². The molecule has 0 saturated heterocycles. The van der Waals surface area contributed by atoms with E-state index in [4.69, 9.17) is 10.5 Å². The number of aryl methyl sites for hydroxylation is 1. The molecule has 3 N–H and O–H groups in total. The zero-order valence-corrected chi connectivity index (χ0v) is 10.9. The summed E-state index contributed by atoms with van der Waals surface area (Å²) in [5.41, 5.74) is 7.23. The molecule has 5 nitrogen and oxygen atoms in total. The Labute approximate surface area is 115 Å². The summed E-state index contributed by atoms with van der Waals surface area (Å²) in [7, 11) is 0. The molecule has 100 valence electrons. The van der Waals surface area contributed by atoms with Gasteiger partial charge < -0.3 is 15.5 Å². The molecule has 0 fully saturated rings. The molecule has 3 aromatic rings. The summed E-state index contributed by atoms with van der Waals surface area (Å²) in [5.74, 6) is 0.513. The van der Waals surface area contributed by atoms with Gasteiger partial charge in [0.05, 0.1) is 11.3 Å². The van der Waals surface area contributed by atoms with E-state index >= 15 is 0 Å². The number of carbonyl (C=O) groups excluding carboxylic acids is 1. The molecule has 0 atom stereocenters. The number of amides is 1. The maximum Gasteiger partial charge on any atom is 0.252 e. The van der Waals surface area contributed by atoms with Crippen LogP contribution in [0.25, 0.3) is 11.0 Å². The minimum atomic E-state index is -0.520. The third-order valence-electron chi connectivity index (χ3n) is 3.05. The largest absolute Gasteiger partial charge is 0.455 e. The van der Waals surface area contributed by atoms with Crippen LogP contribution in [0.1, 0.15) is 16.1 Å². The van der Waals surface area contributed by atoms with Crippen LogP contribution >= 0.6 is 0 Å². The molecular weight excluding hydrogens is 254 g/mol. The second-order valence-electron chi connectivity index (χ2n) is 4.45. The highest BCUT2D eigenvalue weighted by molar-refractivity contribution is 5.95. The molecule has 1 aromatic carbocycles. The Kier molecular flexibility index (Phi) is 2.87. The van der Waals surface area contributed by atoms with E-state index in [1.165, 1.54) is 0 Å². The lowest BCUT2D eigenvalue weighted by Crippen LogP contribution is -2.12. The third-order valence-corrected chi connectivity index (χ3v) is 3.05. The number of pyridine rings is 1. The second-order valence-corrected chi connectivity index (χ2v) is 4.45. The maximum absolute atomic E-state index is 11.4. The van der Waals surface area contributed by atoms with Gasteiger partial charge in [-0.1, -0.05) is 12.1 Å². The van der Waals surface area contributed by atoms with E-state index in [1.54, 1.807) is 24.3 Å². The fourth-order valence-corrected chi connectivity index (χ4v) is 2.04. The zero-order valence-electron chi connectivity index (χ0n) is 10.9. The molecule has 20 heavy (non-hydrogen) atoms. The number of carbonyl (C=O) groups is 1. The lowest BCUT2D eigenvalue weighted by molar-refractivity contribution is 0.0998. The first-order chi connectivity index (χ1) is 9.65. The summed E-state index contributed by atoms with van der Waals surface area (Å²) in [6.45, 7) is 1.85. The van der Waals surface area contributed by atoms with Crippen molar-refractivity contribution in [3.8, 4) is 11.5 Å². The summed E-state index contributed by atoms with van der Waals surface area (Å²) in [4.78, 5) is 18.8. The van der Waals surface area contributed by atoms with Crippen LogP contribution in [-0.4, -0.2) is 15.9 Å². The summed E-state index contributed by atoms with van der Waals surface area (Å²) in [6.07, 6.45) is 1.82. The van der Waals surface area contributed by atoms with Crippen molar-refractivity contribution in [2.75, 3.05) is 0 Å². The van der Waals surface area contributed by atoms with E-state index in [2.05, 4.69) is 9.97 Å². The Morgan fingerprint density at radius 3 is 2.85 bits per heavy atom. The van der Waals surface area contributed by atoms with Crippen LogP contribution < -0.4 is 10.5 Å². The van der Waals surface area contributed by atoms with Crippen LogP contribution in [0.2, 0.25) is 0 Å². The summed E-state index contributed by atoms with van der Waals surface area (Å²) in [6, 6.07) is 10.7. The second kappa shape index (κ2) is 4.70. The molecule has 0 radical (unpaired) electrons. The third kappa shape index (κ3) is 2.09. The Hall–Kier alpha value is -2.82. The highest BCUT2D eigenvalue weighted by atomic mass is 16.5. The first-order valence-corrected chi connectivity index (χ1v) is 6.16. The van der Waals surface area contributed by atoms with Gasteiger partial charge in [-0.15, -0.1) is 0 Å². The molecule has 5 heteroatoms. The highest BCUT2D eigenvalue weighted by Crippen LogP contribution is 2.29. The number of primary amides is 1. The maximum atomic E-state index is 11.4. The van der Waals surface area contributed by atoms with Crippen molar-refractivity contribution in [1.82, 2.24) is 9.97 Å². The average Bonchev–Trinajstić information content (AvgIpc) is 2.86. The first-order valence-electron chi connectivity index (χ1n) is 6.16. The predicted octanol–water partition coefficient (Wildman–Crippen LogP) is 2.76. The van der Waals surface area contributed by atoms with Crippen molar-refractivity contribution in [2.45, 2.75) is 6.92 Å². The summed E-state index contributed by atoms with van der Waals surface area (Å²) < 4.78 is 5.80. The Morgan fingerprint density at radius 1 is 1.25 bits per heavy atom. The van der Waals surface area contributed by atoms with Crippen molar-refractivity contribution in [1.29, 1.82) is 0 Å². The standard InChI is InChI=1S/C15H13N3O2/c1-9-13(8-10-6-7-17-15(10)18-9)20-12-5-3-2-4-11(12)14(16)19/h2-8H,1H3,(H2,16,19)(H,17,18). The fourth-order valence-electron chi connectivity index (χ4n) is 2.04. The summed E-state index contributed by atoms with van der Waals surface area (Å²) >= 11 is 0. The van der Waals surface area contributed by atoms with Crippen molar-refractivity contribution < 1.29 is 9.53 Å². The van der Waals surface area contributed by atoms with Gasteiger partial charge in [-0.3, -0.25) is 4.79 Å². The van der Waals surface area contributed by atoms with E-state index in [9.17, 15) is 4.79 Å². The van der Waals surface area contributed by atoms with Crippen LogP contribution in [0.15, 0.2) is 42.6 Å². The molecule has 0 saturated carbocycles. The molecule has 0 unspecified atom stereocenters. The van der Waals surface area contributed by atoms with Gasteiger partial charge in [0.15, 0.2) is 0 Å². The number of hydrogen-bond donors (Lipinski definition) is 2. The number of ether oxygens (including phenoxy) is 1. The minimum Gasteiger partial charge on any atom is -0.455 e. The van der Waals surface area contributed by atoms with E-state index in [-0.39, 0.29) is 0 Å². The highest BCUT2D eigenvalue weighted by Gasteiger charge is 2.12. The number of benzene rings is 1. The van der Waals surface area contributed by atoms with Gasteiger partial charge in [0.25, 0.3) is 5.91 Å². The Balaban J connectivity index is 2.05. The SMILES string of the molecule is Cc1nc2[nH]ccc2cc1Oc1ccccc1C(N)=O. The van der Waals surface area contributed by atoms with Gasteiger partial charge in [-0.05, 0) is 31.2 Å². The van der Waals surface area contributed by atoms with Crippen molar-refractivity contribution in [2.24, 2.45) is 5.73 Å². The van der Waals surface area contributed by atoms with Crippen molar-refractivity contribution in [3.63, 3.8) is 0 Å². The average molecular weight is 267 g/mol. The lowest BCUT2D eigenvalue weighted by atomic mass is 10.2. The van der Waals surface area contributed by atoms with Crippen LogP contribution in [0.3, 0.4) is 0 Å². The molecule has 2 heterocycles. The molecule has 0 aliphatic carbocycles. The van der Waals surface area contributed by atoms with Gasteiger partial charge in [-0.2, -0.15) is 0 Å². The van der Waals surface area contributed by atoms with E-state index < -0.39 is 5.91 Å². The van der Waals surface area contributed by atoms with Gasteiger partial charge in [0.1, 0.15) is 17.1 Å². The van der Waals surface area contributed by atoms with Crippen LogP contribution in [0, 0.1) is 6.92 Å². The fraction of sp³-hybridized carbons (Fsp3) is 0.0667. The number of aromatic amines is 1. The minimum absolute atomic E-state index is 0.348. The summed E-state index contributed by atoms with van der Waals surface area (Å²) in [5, 5.41) is 0.946. The Bertz CT molecular complexity index is 793. The van der Waals surface area contributed by atoms with Crippen LogP contribution in [0.5, 0.6) is 11.5 Å². The van der Waals surface area contributed by atoms with Gasteiger partial charge in [0, 0.05) is 11.6 Å².